The van der Waals surface area contributed by atoms with Gasteiger partial charge in [0.2, 0.25) is 0 Å². The molecule has 3 aromatic rings. The summed E-state index contributed by atoms with van der Waals surface area (Å²) in [5.41, 5.74) is 2.71. The average Bonchev–Trinajstić information content (AvgIpc) is 2.99. The molecule has 0 bridgehead atoms. The second-order valence-corrected chi connectivity index (χ2v) is 12.0. The van der Waals surface area contributed by atoms with E-state index in [0.29, 0.717) is 30.8 Å². The van der Waals surface area contributed by atoms with Crippen LogP contribution in [0.3, 0.4) is 0 Å². The number of hydrogen-bond donors (Lipinski definition) is 0. The van der Waals surface area contributed by atoms with E-state index in [2.05, 4.69) is 56.9 Å². The number of unbranched alkanes of at least 4 members (excludes halogenated alkanes) is 2. The third-order valence-corrected chi connectivity index (χ3v) is 8.72. The fourth-order valence-electron chi connectivity index (χ4n) is 4.70. The van der Waals surface area contributed by atoms with Gasteiger partial charge in [-0.1, -0.05) is 115 Å². The van der Waals surface area contributed by atoms with Gasteiger partial charge in [0, 0.05) is 11.4 Å². The van der Waals surface area contributed by atoms with Gasteiger partial charge in [-0.3, -0.25) is 9.05 Å². The van der Waals surface area contributed by atoms with E-state index in [1.165, 1.54) is 0 Å². The maximum atomic E-state index is 14.3. The Morgan fingerprint density at radius 1 is 0.650 bits per heavy atom. The number of phosphoric acid groups is 1. The third kappa shape index (κ3) is 9.80. The number of benzene rings is 3. The molecule has 6 heteroatoms. The molecule has 2 unspecified atom stereocenters. The van der Waals surface area contributed by atoms with E-state index in [0.717, 1.165) is 68.4 Å². The highest BCUT2D eigenvalue weighted by Gasteiger charge is 2.33. The van der Waals surface area contributed by atoms with Gasteiger partial charge in [0.15, 0.2) is 5.75 Å². The summed E-state index contributed by atoms with van der Waals surface area (Å²) in [5, 5.41) is 0. The Kier molecular flexibility index (Phi) is 13.8. The fourth-order valence-corrected chi connectivity index (χ4v) is 6.06. The number of rotatable bonds is 19. The average molecular weight is 566 g/mol. The first-order valence-corrected chi connectivity index (χ1v) is 16.6. The quantitative estimate of drug-likeness (QED) is 0.135. The van der Waals surface area contributed by atoms with Crippen LogP contribution in [0.5, 0.6) is 5.75 Å². The van der Waals surface area contributed by atoms with Crippen molar-refractivity contribution in [3.05, 3.63) is 84.9 Å². The zero-order chi connectivity index (χ0) is 28.6. The molecule has 0 spiro atoms. The van der Waals surface area contributed by atoms with Gasteiger partial charge in [0.1, 0.15) is 0 Å². The second-order valence-electron chi connectivity index (χ2n) is 10.4. The molecule has 0 heterocycles. The summed E-state index contributed by atoms with van der Waals surface area (Å²) >= 11 is 0. The largest absolute Gasteiger partial charge is 0.530 e. The molecule has 3 rings (SSSR count). The zero-order valence-electron chi connectivity index (χ0n) is 24.8. The molecule has 0 saturated carbocycles. The highest BCUT2D eigenvalue weighted by molar-refractivity contribution is 7.48. The Hall–Kier alpha value is -2.59. The molecule has 0 aliphatic rings. The van der Waals surface area contributed by atoms with Crippen LogP contribution in [0.4, 0.5) is 17.1 Å². The fraction of sp³-hybridized carbons (Fsp3) is 0.471. The van der Waals surface area contributed by atoms with E-state index in [-0.39, 0.29) is 0 Å². The van der Waals surface area contributed by atoms with Gasteiger partial charge in [-0.05, 0) is 61.1 Å². The van der Waals surface area contributed by atoms with Crippen LogP contribution in [0.1, 0.15) is 79.1 Å². The molecular weight excluding hydrogens is 517 g/mol. The molecule has 40 heavy (non-hydrogen) atoms. The number of anilines is 3. The summed E-state index contributed by atoms with van der Waals surface area (Å²) in [6.07, 6.45) is 8.48. The third-order valence-electron chi connectivity index (χ3n) is 7.37. The molecular formula is C34H48NO4P. The zero-order valence-corrected chi connectivity index (χ0v) is 25.7. The Morgan fingerprint density at radius 2 is 1.10 bits per heavy atom. The first-order chi connectivity index (χ1) is 19.5. The van der Waals surface area contributed by atoms with Crippen LogP contribution in [-0.4, -0.2) is 13.2 Å². The normalized spacial score (nSPS) is 14.3. The Labute approximate surface area is 242 Å². The lowest BCUT2D eigenvalue weighted by molar-refractivity contribution is 0.115. The summed E-state index contributed by atoms with van der Waals surface area (Å²) in [6, 6.07) is 27.9. The Bertz CT molecular complexity index is 1080. The van der Waals surface area contributed by atoms with E-state index >= 15 is 0 Å². The van der Waals surface area contributed by atoms with Crippen LogP contribution in [0, 0.1) is 11.8 Å². The molecule has 5 nitrogen and oxygen atoms in total. The van der Waals surface area contributed by atoms with E-state index in [4.69, 9.17) is 13.6 Å². The molecule has 3 aromatic carbocycles. The van der Waals surface area contributed by atoms with Crippen LogP contribution in [0.2, 0.25) is 0 Å². The Balaban J connectivity index is 1.95. The van der Waals surface area contributed by atoms with E-state index < -0.39 is 7.82 Å². The van der Waals surface area contributed by atoms with Crippen LogP contribution >= 0.6 is 7.82 Å². The molecule has 218 valence electrons. The molecule has 0 N–H and O–H groups in total. The summed E-state index contributed by atoms with van der Waals surface area (Å²) in [6.45, 7) is 9.38. The van der Waals surface area contributed by atoms with Crippen molar-refractivity contribution in [3.63, 3.8) is 0 Å². The van der Waals surface area contributed by atoms with Crippen molar-refractivity contribution in [3.8, 4) is 5.75 Å². The van der Waals surface area contributed by atoms with Crippen molar-refractivity contribution in [2.24, 2.45) is 11.8 Å². The second kappa shape index (κ2) is 17.3. The van der Waals surface area contributed by atoms with Gasteiger partial charge in [-0.15, -0.1) is 0 Å². The van der Waals surface area contributed by atoms with Gasteiger partial charge in [0.05, 0.1) is 18.9 Å². The van der Waals surface area contributed by atoms with Crippen LogP contribution in [0.25, 0.3) is 0 Å². The van der Waals surface area contributed by atoms with Crippen LogP contribution < -0.4 is 9.42 Å². The molecule has 0 radical (unpaired) electrons. The smallest absolute Gasteiger partial charge is 0.402 e. The minimum Gasteiger partial charge on any atom is -0.402 e. The molecule has 0 aliphatic heterocycles. The topological polar surface area (TPSA) is 48.0 Å². The summed E-state index contributed by atoms with van der Waals surface area (Å²) in [4.78, 5) is 2.10. The lowest BCUT2D eigenvalue weighted by Gasteiger charge is -2.29. The number of nitrogens with zero attached hydrogens (tertiary/aromatic N) is 1. The van der Waals surface area contributed by atoms with Gasteiger partial charge in [-0.25, -0.2) is 4.57 Å². The molecule has 0 aliphatic carbocycles. The van der Waals surface area contributed by atoms with Gasteiger partial charge < -0.3 is 9.42 Å². The van der Waals surface area contributed by atoms with Crippen molar-refractivity contribution in [1.82, 2.24) is 0 Å². The standard InChI is InChI=1S/C34H48NO4P/c1-5-9-19-29(7-3)27-37-40(36,38-28-30(8-4)20-10-6-2)39-34-26-18-17-25-33(34)35(31-21-13-11-14-22-31)32-23-15-12-16-24-32/h11-18,21-26,29-30H,5-10,19-20,27-28H2,1-4H3. The monoisotopic (exact) mass is 565 g/mol. The maximum Gasteiger partial charge on any atom is 0.530 e. The summed E-state index contributed by atoms with van der Waals surface area (Å²) < 4.78 is 32.9. The minimum absolute atomic E-state index is 0.308. The highest BCUT2D eigenvalue weighted by atomic mass is 31.2. The maximum absolute atomic E-state index is 14.3. The predicted octanol–water partition coefficient (Wildman–Crippen LogP) is 11.1. The van der Waals surface area contributed by atoms with Crippen molar-refractivity contribution in [2.45, 2.75) is 79.1 Å². The van der Waals surface area contributed by atoms with E-state index in [1.807, 2.05) is 60.7 Å². The molecule has 0 fully saturated rings. The highest BCUT2D eigenvalue weighted by Crippen LogP contribution is 2.53. The first kappa shape index (κ1) is 31.9. The molecule has 2 atom stereocenters. The van der Waals surface area contributed by atoms with Gasteiger partial charge >= 0.3 is 7.82 Å². The molecule has 0 amide bonds. The number of phosphoric ester groups is 1. The van der Waals surface area contributed by atoms with Crippen molar-refractivity contribution < 1.29 is 18.1 Å². The first-order valence-electron chi connectivity index (χ1n) is 15.1. The molecule has 0 aromatic heterocycles. The summed E-state index contributed by atoms with van der Waals surface area (Å²) in [5.74, 6) is 1.08. The van der Waals surface area contributed by atoms with Crippen LogP contribution in [0.15, 0.2) is 84.9 Å². The van der Waals surface area contributed by atoms with Gasteiger partial charge in [-0.2, -0.15) is 0 Å². The lowest BCUT2D eigenvalue weighted by atomic mass is 10.0. The van der Waals surface area contributed by atoms with Gasteiger partial charge in [0.25, 0.3) is 0 Å². The van der Waals surface area contributed by atoms with Crippen LogP contribution in [-0.2, 0) is 13.6 Å². The number of para-hydroxylation sites is 4. The van der Waals surface area contributed by atoms with Crippen molar-refractivity contribution in [2.75, 3.05) is 18.1 Å². The summed E-state index contributed by atoms with van der Waals surface area (Å²) in [7, 11) is -3.92. The number of hydrogen-bond acceptors (Lipinski definition) is 5. The van der Waals surface area contributed by atoms with E-state index in [9.17, 15) is 4.57 Å². The van der Waals surface area contributed by atoms with Crippen molar-refractivity contribution in [1.29, 1.82) is 0 Å². The molecule has 0 saturated heterocycles. The minimum atomic E-state index is -3.92. The Morgan fingerprint density at radius 3 is 1.55 bits per heavy atom. The lowest BCUT2D eigenvalue weighted by Crippen LogP contribution is -2.16. The van der Waals surface area contributed by atoms with E-state index in [1.54, 1.807) is 0 Å². The SMILES string of the molecule is CCCCC(CC)COP(=O)(OCC(CC)CCCC)Oc1ccccc1N(c1ccccc1)c1ccccc1. The van der Waals surface area contributed by atoms with Crippen molar-refractivity contribution >= 4 is 24.9 Å². The predicted molar refractivity (Wildman–Crippen MR) is 168 cm³/mol.